The van der Waals surface area contributed by atoms with Crippen LogP contribution >= 0.6 is 63.7 Å². The van der Waals surface area contributed by atoms with Gasteiger partial charge >= 0.3 is 51.4 Å². The molecule has 32 heavy (non-hydrogen) atoms. The molecular weight excluding hydrogens is 696 g/mol. The molecule has 11 heteroatoms. The van der Waals surface area contributed by atoms with Gasteiger partial charge in [0, 0.05) is 33.5 Å². The molecule has 0 unspecified atom stereocenters. The molecule has 4 radical (unpaired) electrons. The second-order valence-corrected chi connectivity index (χ2v) is 8.86. The summed E-state index contributed by atoms with van der Waals surface area (Å²) in [6, 6.07) is 11.3. The summed E-state index contributed by atoms with van der Waals surface area (Å²) in [6.07, 6.45) is 0.774. The van der Waals surface area contributed by atoms with Crippen LogP contribution in [0.1, 0.15) is 38.6 Å². The van der Waals surface area contributed by atoms with Crippen molar-refractivity contribution in [1.82, 2.24) is 15.0 Å². The Bertz CT molecular complexity index is 946. The van der Waals surface area contributed by atoms with Gasteiger partial charge in [-0.15, -0.1) is 0 Å². The van der Waals surface area contributed by atoms with Gasteiger partial charge < -0.3 is 13.5 Å². The summed E-state index contributed by atoms with van der Waals surface area (Å²) in [6.45, 7) is 5.79. The Kier molecular flexibility index (Phi) is 20.7. The van der Waals surface area contributed by atoms with Gasteiger partial charge in [0.25, 0.3) is 0 Å². The van der Waals surface area contributed by atoms with Crippen LogP contribution in [0.25, 0.3) is 0 Å². The molecular formula is C21H21BBr4KN3O2. The van der Waals surface area contributed by atoms with Crippen molar-refractivity contribution in [3.8, 4) is 0 Å². The number of alkyl halides is 1. The summed E-state index contributed by atoms with van der Waals surface area (Å²) >= 11 is 13.1. The normalized spacial score (nSPS) is 9.12. The molecule has 0 atom stereocenters. The van der Waals surface area contributed by atoms with E-state index in [9.17, 15) is 4.79 Å². The van der Waals surface area contributed by atoms with Crippen LogP contribution in [0, 0.1) is 20.8 Å². The van der Waals surface area contributed by atoms with E-state index < -0.39 is 0 Å². The van der Waals surface area contributed by atoms with E-state index in [1.54, 1.807) is 12.1 Å². The molecule has 0 fully saturated rings. The summed E-state index contributed by atoms with van der Waals surface area (Å²) in [5.41, 5.74) is 5.49. The van der Waals surface area contributed by atoms with Crippen molar-refractivity contribution in [1.29, 1.82) is 0 Å². The van der Waals surface area contributed by atoms with E-state index in [2.05, 4.69) is 84.7 Å². The zero-order valence-corrected chi connectivity index (χ0v) is 27.7. The van der Waals surface area contributed by atoms with E-state index in [4.69, 9.17) is 5.11 Å². The SMILES string of the molecule is Cc1ccc(C=O)c(Br)n1.Cc1ccc(CBr)c(Br)n1.Cc1ccc(CO)c(Br)n1.[B-].[K+]. The summed E-state index contributed by atoms with van der Waals surface area (Å²) in [5.74, 6) is 0. The number of halogens is 4. The Morgan fingerprint density at radius 1 is 0.781 bits per heavy atom. The number of carbonyl (C=O) groups is 1. The van der Waals surface area contributed by atoms with E-state index in [1.165, 1.54) is 5.56 Å². The number of aryl methyl sites for hydroxylation is 3. The maximum atomic E-state index is 10.3. The quantitative estimate of drug-likeness (QED) is 0.195. The van der Waals surface area contributed by atoms with Crippen LogP contribution in [0.4, 0.5) is 0 Å². The number of pyridine rings is 3. The summed E-state index contributed by atoms with van der Waals surface area (Å²) < 4.78 is 2.28. The van der Waals surface area contributed by atoms with Gasteiger partial charge in [-0.05, 0) is 98.4 Å². The molecule has 0 aliphatic carbocycles. The van der Waals surface area contributed by atoms with Crippen molar-refractivity contribution in [3.63, 3.8) is 0 Å². The molecule has 3 aromatic heterocycles. The largest absolute Gasteiger partial charge is 1.00 e. The van der Waals surface area contributed by atoms with E-state index in [0.717, 1.165) is 43.5 Å². The zero-order chi connectivity index (χ0) is 22.7. The Balaban J connectivity index is 0. The Morgan fingerprint density at radius 3 is 1.53 bits per heavy atom. The zero-order valence-electron chi connectivity index (χ0n) is 18.2. The number of hydrogen-bond donors (Lipinski definition) is 1. The standard InChI is InChI=1S/C7H7Br2N.C7H8BrNO.C7H6BrNO.B.K/c1-5-2-3-6(4-8)7(9)10-5;2*1-5-2-3-6(4-10)7(8)9-5;;/h2-3H,4H2,1H3;2-3,10H,4H2,1H3;2-4H,1H3;;/q;;;-1;+1. The summed E-state index contributed by atoms with van der Waals surface area (Å²) in [5, 5.41) is 9.59. The van der Waals surface area contributed by atoms with Crippen LogP contribution in [0.3, 0.4) is 0 Å². The van der Waals surface area contributed by atoms with E-state index in [0.29, 0.717) is 10.2 Å². The molecule has 0 spiro atoms. The monoisotopic (exact) mass is 713 g/mol. The minimum absolute atomic E-state index is 0. The van der Waals surface area contributed by atoms with E-state index >= 15 is 0 Å². The number of aliphatic hydroxyl groups is 1. The first-order valence-electron chi connectivity index (χ1n) is 8.71. The van der Waals surface area contributed by atoms with Crippen LogP contribution in [0.15, 0.2) is 50.2 Å². The second kappa shape index (κ2) is 19.0. The van der Waals surface area contributed by atoms with Crippen molar-refractivity contribution >= 4 is 78.4 Å². The van der Waals surface area contributed by atoms with Gasteiger partial charge in [0.2, 0.25) is 0 Å². The Hall–Kier alpha value is 0.701. The van der Waals surface area contributed by atoms with Crippen molar-refractivity contribution in [2.75, 3.05) is 0 Å². The first kappa shape index (κ1) is 34.9. The summed E-state index contributed by atoms with van der Waals surface area (Å²) in [4.78, 5) is 22.6. The maximum absolute atomic E-state index is 10.3. The van der Waals surface area contributed by atoms with Gasteiger partial charge in [-0.25, -0.2) is 15.0 Å². The number of carbonyl (C=O) groups excluding carboxylic acids is 1. The molecule has 164 valence electrons. The minimum Gasteiger partial charge on any atom is -1.00 e. The first-order chi connectivity index (χ1) is 14.2. The number of hydrogen-bond acceptors (Lipinski definition) is 5. The third-order valence-corrected chi connectivity index (χ3v) is 6.20. The second-order valence-electron chi connectivity index (χ2n) is 6.05. The average molecular weight is 717 g/mol. The van der Waals surface area contributed by atoms with Crippen molar-refractivity contribution in [2.45, 2.75) is 32.7 Å². The van der Waals surface area contributed by atoms with Crippen molar-refractivity contribution in [2.24, 2.45) is 0 Å². The summed E-state index contributed by atoms with van der Waals surface area (Å²) in [7, 11) is 0. The predicted octanol–water partition coefficient (Wildman–Crippen LogP) is 3.28. The van der Waals surface area contributed by atoms with Crippen LogP contribution in [0.5, 0.6) is 0 Å². The fourth-order valence-electron chi connectivity index (χ4n) is 1.95. The number of nitrogens with zero attached hydrogens (tertiary/aromatic N) is 3. The van der Waals surface area contributed by atoms with Gasteiger partial charge in [0.1, 0.15) is 13.8 Å². The molecule has 0 saturated heterocycles. The topological polar surface area (TPSA) is 76.0 Å². The minimum atomic E-state index is 0. The molecule has 0 aromatic carbocycles. The fraction of sp³-hybridized carbons (Fsp3) is 0.238. The Morgan fingerprint density at radius 2 is 1.19 bits per heavy atom. The third kappa shape index (κ3) is 13.0. The predicted molar refractivity (Wildman–Crippen MR) is 140 cm³/mol. The molecule has 3 heterocycles. The molecule has 0 bridgehead atoms. The molecule has 5 nitrogen and oxygen atoms in total. The Labute approximate surface area is 267 Å². The molecule has 1 N–H and O–H groups in total. The number of aromatic nitrogens is 3. The average Bonchev–Trinajstić information content (AvgIpc) is 2.69. The maximum Gasteiger partial charge on any atom is 1.00 e. The van der Waals surface area contributed by atoms with Crippen molar-refractivity contribution in [3.05, 3.63) is 84.0 Å². The van der Waals surface area contributed by atoms with E-state index in [-0.39, 0.29) is 66.4 Å². The third-order valence-electron chi connectivity index (χ3n) is 3.59. The smallest absolute Gasteiger partial charge is 1.00 e. The van der Waals surface area contributed by atoms with Gasteiger partial charge in [-0.1, -0.05) is 28.1 Å². The molecule has 0 aliphatic heterocycles. The van der Waals surface area contributed by atoms with Crippen LogP contribution in [-0.4, -0.2) is 34.8 Å². The van der Waals surface area contributed by atoms with Crippen LogP contribution in [-0.2, 0) is 11.9 Å². The van der Waals surface area contributed by atoms with Gasteiger partial charge in [0.05, 0.1) is 6.61 Å². The first-order valence-corrected chi connectivity index (χ1v) is 12.2. The number of aliphatic hydroxyl groups excluding tert-OH is 1. The molecule has 0 saturated carbocycles. The fourth-order valence-corrected chi connectivity index (χ4v) is 4.37. The number of rotatable bonds is 3. The van der Waals surface area contributed by atoms with Crippen LogP contribution < -0.4 is 51.4 Å². The number of aldehydes is 1. The van der Waals surface area contributed by atoms with Crippen molar-refractivity contribution < 1.29 is 61.3 Å². The molecule has 3 aromatic rings. The van der Waals surface area contributed by atoms with Gasteiger partial charge in [-0.3, -0.25) is 4.79 Å². The van der Waals surface area contributed by atoms with E-state index in [1.807, 2.05) is 39.0 Å². The van der Waals surface area contributed by atoms with Gasteiger partial charge in [-0.2, -0.15) is 0 Å². The van der Waals surface area contributed by atoms with Crippen LogP contribution in [0.2, 0.25) is 0 Å². The van der Waals surface area contributed by atoms with Gasteiger partial charge in [0.15, 0.2) is 6.29 Å². The molecule has 0 amide bonds. The molecule has 0 aliphatic rings. The molecule has 3 rings (SSSR count).